The van der Waals surface area contributed by atoms with E-state index in [-0.39, 0.29) is 17.1 Å². The van der Waals surface area contributed by atoms with Crippen molar-refractivity contribution in [3.05, 3.63) is 53.1 Å². The standard InChI is InChI=1S/C24H36N10.2ClHO4.Mn/c1-19-22(31-16-28-19)13-25-7-4-10-34(11-5-8-26-14-23-20(2)29-17-32-23)12-6-9-27-15-24-21(3)30-18-33-24;2*2-1(3,4)5;/h13-18H,4-12H2,1-3H3,(H,28,31)(H,29,32)(H,30,33);2*(H,2,3,4,5);/q;;;+2/p-2. The number of halogens is 2. The second-order valence-corrected chi connectivity index (χ2v) is 10.5. The number of imidazole rings is 3. The quantitative estimate of drug-likeness (QED) is 0.0751. The normalized spacial score (nSPS) is 12.0. The van der Waals surface area contributed by atoms with E-state index >= 15 is 0 Å². The summed E-state index contributed by atoms with van der Waals surface area (Å²) in [5, 5.41) is 0. The predicted molar refractivity (Wildman–Crippen MR) is 138 cm³/mol. The summed E-state index contributed by atoms with van der Waals surface area (Å²) in [6, 6.07) is 0. The van der Waals surface area contributed by atoms with Gasteiger partial charge in [0, 0.05) is 55.4 Å². The molecule has 0 bridgehead atoms. The van der Waals surface area contributed by atoms with Crippen LogP contribution in [0, 0.1) is 41.3 Å². The second-order valence-electron chi connectivity index (χ2n) is 9.00. The van der Waals surface area contributed by atoms with Crippen LogP contribution < -0.4 is 37.3 Å². The van der Waals surface area contributed by atoms with Gasteiger partial charge in [0.2, 0.25) is 0 Å². The summed E-state index contributed by atoms with van der Waals surface area (Å²) in [6.45, 7) is 11.4. The van der Waals surface area contributed by atoms with Crippen LogP contribution in [0.1, 0.15) is 53.4 Å². The van der Waals surface area contributed by atoms with E-state index < -0.39 is 20.5 Å². The zero-order valence-corrected chi connectivity index (χ0v) is 27.6. The summed E-state index contributed by atoms with van der Waals surface area (Å²) in [5.41, 5.74) is 5.86. The molecule has 18 nitrogen and oxygen atoms in total. The van der Waals surface area contributed by atoms with Crippen LogP contribution in [0.15, 0.2) is 34.0 Å². The van der Waals surface area contributed by atoms with E-state index in [0.29, 0.717) is 0 Å². The molecule has 3 aromatic rings. The zero-order chi connectivity index (χ0) is 33.0. The Labute approximate surface area is 275 Å². The van der Waals surface area contributed by atoms with Crippen molar-refractivity contribution in [2.75, 3.05) is 39.3 Å². The van der Waals surface area contributed by atoms with E-state index in [1.54, 1.807) is 19.0 Å². The Morgan fingerprint density at radius 1 is 0.578 bits per heavy atom. The molecule has 0 aliphatic heterocycles. The molecule has 0 aliphatic rings. The van der Waals surface area contributed by atoms with Crippen molar-refractivity contribution in [1.82, 2.24) is 34.8 Å². The minimum Gasteiger partial charge on any atom is -0.348 e. The predicted octanol–water partition coefficient (Wildman–Crippen LogP) is -6.60. The summed E-state index contributed by atoms with van der Waals surface area (Å²) in [4.78, 5) is 38.1. The minimum absolute atomic E-state index is 0. The molecule has 3 rings (SSSR count). The van der Waals surface area contributed by atoms with Crippen LogP contribution in [-0.2, 0) is 17.1 Å². The SMILES string of the molecule is Cc1[nH]cnc1C=NCCCN(CCCN=Cc1nc[nH]c1C)CCCN=Cc1nc[nH]c1C.[Mn+2].[O-][Cl+3]([O-])([O-])[O-].[O-][Cl+3]([O-])([O-])[O-]. The first-order chi connectivity index (χ1) is 20.6. The first kappa shape index (κ1) is 42.4. The van der Waals surface area contributed by atoms with Gasteiger partial charge in [-0.15, -0.1) is 20.5 Å². The van der Waals surface area contributed by atoms with E-state index in [0.717, 1.165) is 92.7 Å². The van der Waals surface area contributed by atoms with Gasteiger partial charge in [0.25, 0.3) is 0 Å². The Morgan fingerprint density at radius 2 is 0.822 bits per heavy atom. The number of rotatable bonds is 15. The molecule has 21 heteroatoms. The van der Waals surface area contributed by atoms with Crippen LogP contribution in [0.3, 0.4) is 0 Å². The Hall–Kier alpha value is -2.62. The Balaban J connectivity index is 0.00000153. The number of hydrogen-bond acceptors (Lipinski definition) is 15. The first-order valence-electron chi connectivity index (χ1n) is 13.1. The first-order valence-corrected chi connectivity index (χ1v) is 15.6. The topological polar surface area (TPSA) is 311 Å². The largest absolute Gasteiger partial charge is 2.00 e. The number of aliphatic imine (C=N–C) groups is 3. The Morgan fingerprint density at radius 3 is 1.02 bits per heavy atom. The number of H-pyrrole nitrogens is 3. The molecule has 251 valence electrons. The van der Waals surface area contributed by atoms with Crippen molar-refractivity contribution in [2.45, 2.75) is 40.0 Å². The van der Waals surface area contributed by atoms with Gasteiger partial charge in [0.05, 0.1) is 19.0 Å². The monoisotopic (exact) mass is 717 g/mol. The maximum atomic E-state index is 8.49. The van der Waals surface area contributed by atoms with E-state index in [9.17, 15) is 0 Å². The van der Waals surface area contributed by atoms with Gasteiger partial charge in [-0.2, -0.15) is 0 Å². The Kier molecular flexibility index (Phi) is 21.5. The van der Waals surface area contributed by atoms with Gasteiger partial charge in [-0.25, -0.2) is 52.2 Å². The van der Waals surface area contributed by atoms with Crippen molar-refractivity contribution in [3.63, 3.8) is 0 Å². The van der Waals surface area contributed by atoms with E-state index in [1.807, 2.05) is 39.4 Å². The molecule has 0 fully saturated rings. The zero-order valence-electron chi connectivity index (χ0n) is 24.9. The van der Waals surface area contributed by atoms with E-state index in [4.69, 9.17) is 37.3 Å². The molecule has 1 radical (unpaired) electrons. The molecule has 3 heterocycles. The summed E-state index contributed by atoms with van der Waals surface area (Å²) in [7, 11) is -9.89. The average molecular weight is 718 g/mol. The van der Waals surface area contributed by atoms with Crippen molar-refractivity contribution >= 4 is 18.6 Å². The van der Waals surface area contributed by atoms with Gasteiger partial charge >= 0.3 is 17.1 Å². The molecule has 0 unspecified atom stereocenters. The molecular weight excluding hydrogens is 682 g/mol. The van der Waals surface area contributed by atoms with Crippen LogP contribution in [0.5, 0.6) is 0 Å². The molecular formula is C24H36Cl2MnN10O8. The van der Waals surface area contributed by atoms with Gasteiger partial charge in [0.15, 0.2) is 0 Å². The third-order valence-corrected chi connectivity index (χ3v) is 5.53. The molecule has 3 aromatic heterocycles. The minimum atomic E-state index is -4.94. The van der Waals surface area contributed by atoms with E-state index in [2.05, 4.69) is 49.8 Å². The molecule has 0 aliphatic carbocycles. The van der Waals surface area contributed by atoms with E-state index in [1.165, 1.54) is 0 Å². The average Bonchev–Trinajstić information content (AvgIpc) is 3.62. The number of nitrogens with one attached hydrogen (secondary N) is 3. The van der Waals surface area contributed by atoms with Crippen molar-refractivity contribution in [3.8, 4) is 0 Å². The van der Waals surface area contributed by atoms with Gasteiger partial charge < -0.3 is 19.9 Å². The third-order valence-electron chi connectivity index (χ3n) is 5.53. The smallest absolute Gasteiger partial charge is 0.348 e. The van der Waals surface area contributed by atoms with Crippen LogP contribution in [0.25, 0.3) is 0 Å². The Bertz CT molecular complexity index is 1120. The maximum Gasteiger partial charge on any atom is 2.00 e. The number of hydrogen-bond donors (Lipinski definition) is 3. The van der Waals surface area contributed by atoms with Crippen LogP contribution >= 0.6 is 0 Å². The summed E-state index contributed by atoms with van der Waals surface area (Å²) in [5.74, 6) is 0. The van der Waals surface area contributed by atoms with Gasteiger partial charge in [-0.05, 0) is 59.7 Å². The van der Waals surface area contributed by atoms with Crippen molar-refractivity contribution in [1.29, 1.82) is 0 Å². The number of aromatic amines is 3. The van der Waals surface area contributed by atoms with Gasteiger partial charge in [-0.3, -0.25) is 15.0 Å². The molecule has 0 atom stereocenters. The van der Waals surface area contributed by atoms with Gasteiger partial charge in [0.1, 0.15) is 17.1 Å². The van der Waals surface area contributed by atoms with Gasteiger partial charge in [-0.1, -0.05) is 0 Å². The summed E-state index contributed by atoms with van der Waals surface area (Å²) < 4.78 is 67.9. The van der Waals surface area contributed by atoms with Crippen molar-refractivity contribution in [2.24, 2.45) is 15.0 Å². The molecule has 0 saturated carbocycles. The maximum absolute atomic E-state index is 8.49. The van der Waals surface area contributed by atoms with Crippen LogP contribution in [0.4, 0.5) is 0 Å². The van der Waals surface area contributed by atoms with Crippen LogP contribution in [0.2, 0.25) is 0 Å². The number of aromatic nitrogens is 6. The summed E-state index contributed by atoms with van der Waals surface area (Å²) >= 11 is 0. The molecule has 0 amide bonds. The molecule has 3 N–H and O–H groups in total. The third kappa shape index (κ3) is 24.3. The van der Waals surface area contributed by atoms with Crippen molar-refractivity contribution < 1.29 is 74.8 Å². The molecule has 0 aromatic carbocycles. The second kappa shape index (κ2) is 22.8. The number of aryl methyl sites for hydroxylation is 3. The fraction of sp³-hybridized carbons (Fsp3) is 0.500. The fourth-order valence-electron chi connectivity index (χ4n) is 3.44. The molecule has 0 spiro atoms. The van der Waals surface area contributed by atoms with Crippen LogP contribution in [-0.4, -0.2) is 92.7 Å². The summed E-state index contributed by atoms with van der Waals surface area (Å²) in [6.07, 6.45) is 13.7. The molecule has 45 heavy (non-hydrogen) atoms. The molecule has 0 saturated heterocycles. The number of nitrogens with zero attached hydrogens (tertiary/aromatic N) is 7. The fourth-order valence-corrected chi connectivity index (χ4v) is 3.44.